The number of anilines is 1. The lowest BCUT2D eigenvalue weighted by Crippen LogP contribution is -2.33. The molecule has 242 valence electrons. The number of nitrogens with zero attached hydrogens (tertiary/aromatic N) is 6. The van der Waals surface area contributed by atoms with E-state index in [0.29, 0.717) is 0 Å². The predicted octanol–water partition coefficient (Wildman–Crippen LogP) is 1.20. The number of halogens is 2. The van der Waals surface area contributed by atoms with E-state index in [1.54, 1.807) is 0 Å². The zero-order chi connectivity index (χ0) is 31.8. The van der Waals surface area contributed by atoms with E-state index in [4.69, 9.17) is 33.3 Å². The highest BCUT2D eigenvalue weighted by Crippen LogP contribution is 2.60. The van der Waals surface area contributed by atoms with Crippen LogP contribution in [0.3, 0.4) is 0 Å². The van der Waals surface area contributed by atoms with Crippen molar-refractivity contribution in [2.75, 3.05) is 18.9 Å². The van der Waals surface area contributed by atoms with E-state index in [0.717, 1.165) is 11.0 Å². The van der Waals surface area contributed by atoms with Crippen LogP contribution in [-0.2, 0) is 36.7 Å². The van der Waals surface area contributed by atoms with Gasteiger partial charge in [0.1, 0.15) is 30.1 Å². The molecule has 4 aromatic rings. The largest absolute Gasteiger partial charge is 0.386 e. The molecule has 7 rings (SSSR count). The molecule has 4 aromatic heterocycles. The molecule has 19 nitrogen and oxygen atoms in total. The number of ether oxygens (including phenoxy) is 2. The van der Waals surface area contributed by atoms with Crippen molar-refractivity contribution in [2.24, 2.45) is 0 Å². The van der Waals surface area contributed by atoms with Gasteiger partial charge in [-0.1, -0.05) is 29.7 Å². The number of aromatic amines is 2. The first kappa shape index (κ1) is 30.9. The lowest BCUT2D eigenvalue weighted by Gasteiger charge is -2.25. The van der Waals surface area contributed by atoms with E-state index >= 15 is 8.78 Å². The van der Waals surface area contributed by atoms with Crippen LogP contribution >= 0.6 is 38.1 Å². The quantitative estimate of drug-likeness (QED) is 0.145. The summed E-state index contributed by atoms with van der Waals surface area (Å²) in [4.78, 5) is 37.1. The Bertz CT molecular complexity index is 2010. The summed E-state index contributed by atoms with van der Waals surface area (Å²) in [7, 11) is 0. The fraction of sp³-hybridized carbons (Fsp3) is 0.500. The third kappa shape index (κ3) is 5.53. The Labute approximate surface area is 258 Å². The molecule has 0 amide bonds. The molecule has 2 unspecified atom stereocenters. The van der Waals surface area contributed by atoms with Gasteiger partial charge in [-0.25, -0.2) is 22.9 Å². The second kappa shape index (κ2) is 11.2. The van der Waals surface area contributed by atoms with Crippen molar-refractivity contribution in [3.05, 3.63) is 39.3 Å². The number of nitrogens with two attached hydrogens (primary N) is 1. The summed E-state index contributed by atoms with van der Waals surface area (Å²) in [6.45, 7) is -10.5. The number of fused-ring (bicyclic) bond motifs is 5. The first-order valence-corrected chi connectivity index (χ1v) is 18.3. The summed E-state index contributed by atoms with van der Waals surface area (Å²) in [6, 6.07) is 1.39. The number of H-pyrrole nitrogens is 2. The summed E-state index contributed by atoms with van der Waals surface area (Å²) >= 11 is 7.89. The average Bonchev–Trinajstić information content (AvgIpc) is 3.72. The van der Waals surface area contributed by atoms with Gasteiger partial charge in [-0.2, -0.15) is 9.67 Å². The highest BCUT2D eigenvalue weighted by atomic mass is 32.7. The van der Waals surface area contributed by atoms with Crippen molar-refractivity contribution in [2.45, 2.75) is 49.2 Å². The highest BCUT2D eigenvalue weighted by Gasteiger charge is 2.54. The summed E-state index contributed by atoms with van der Waals surface area (Å²) in [5.74, 6) is -0.312. The molecule has 3 aliphatic rings. The summed E-state index contributed by atoms with van der Waals surface area (Å²) in [5, 5.41) is 7.65. The molecule has 10 atom stereocenters. The topological polar surface area (TPSA) is 243 Å². The van der Waals surface area contributed by atoms with E-state index in [-0.39, 0.29) is 28.1 Å². The molecule has 0 spiro atoms. The van der Waals surface area contributed by atoms with E-state index in [9.17, 15) is 18.7 Å². The summed E-state index contributed by atoms with van der Waals surface area (Å²) in [5.41, 5.74) is 3.98. The molecule has 3 aliphatic heterocycles. The van der Waals surface area contributed by atoms with Crippen LogP contribution in [-0.4, -0.2) is 89.5 Å². The van der Waals surface area contributed by atoms with E-state index < -0.39 is 87.1 Å². The van der Waals surface area contributed by atoms with Crippen LogP contribution in [0.25, 0.3) is 22.2 Å². The molecule has 45 heavy (non-hydrogen) atoms. The van der Waals surface area contributed by atoms with Crippen molar-refractivity contribution in [3.63, 3.8) is 0 Å². The molecule has 3 fully saturated rings. The number of nitrogens with one attached hydrogen (secondary N) is 2. The van der Waals surface area contributed by atoms with Crippen LogP contribution in [0.2, 0.25) is 0 Å². The van der Waals surface area contributed by atoms with Gasteiger partial charge >= 0.3 is 13.6 Å². The SMILES string of the molecule is Nc1nc2c(nnn2[C@@H]2O[C@@H]3COP(=O)(S)O[C@H]4[C@H](F)[C@H](n5ccc6c(=O)[nH]cnc65)O[C@@H]4COP(=O)(S)O[C@@H]2[C@H]3F)c(=O)[nH]1. The van der Waals surface area contributed by atoms with Crippen LogP contribution in [0.15, 0.2) is 28.2 Å². The van der Waals surface area contributed by atoms with Crippen LogP contribution < -0.4 is 16.9 Å². The normalized spacial score (nSPS) is 37.7. The second-order valence-electron chi connectivity index (χ2n) is 10.0. The van der Waals surface area contributed by atoms with E-state index in [2.05, 4.69) is 54.7 Å². The molecule has 2 bridgehead atoms. The van der Waals surface area contributed by atoms with E-state index in [1.807, 2.05) is 0 Å². The zero-order valence-corrected chi connectivity index (χ0v) is 25.7. The molecular formula is C20H21F2N9O10P2S2. The van der Waals surface area contributed by atoms with Crippen molar-refractivity contribution >= 4 is 66.2 Å². The monoisotopic (exact) mass is 711 g/mol. The number of hydrogen-bond acceptors (Lipinski definition) is 15. The molecule has 0 radical (unpaired) electrons. The van der Waals surface area contributed by atoms with Gasteiger partial charge in [0, 0.05) is 6.20 Å². The molecule has 0 aliphatic carbocycles. The fourth-order valence-electron chi connectivity index (χ4n) is 5.24. The van der Waals surface area contributed by atoms with Gasteiger partial charge in [-0.15, -0.1) is 5.10 Å². The Hall–Kier alpha value is -2.72. The molecular weight excluding hydrogens is 690 g/mol. The minimum Gasteiger partial charge on any atom is -0.369 e. The zero-order valence-electron chi connectivity index (χ0n) is 22.2. The summed E-state index contributed by atoms with van der Waals surface area (Å²) in [6.07, 6.45) is -11.4. The fourth-order valence-corrected chi connectivity index (χ4v) is 8.17. The number of alkyl halides is 2. The van der Waals surface area contributed by atoms with Crippen LogP contribution in [0.1, 0.15) is 12.5 Å². The minimum absolute atomic E-state index is 0.0715. The molecule has 0 saturated carbocycles. The first-order chi connectivity index (χ1) is 21.3. The van der Waals surface area contributed by atoms with Gasteiger partial charge in [0.15, 0.2) is 36.0 Å². The van der Waals surface area contributed by atoms with Crippen LogP contribution in [0.4, 0.5) is 14.7 Å². The molecule has 7 heterocycles. The molecule has 0 aromatic carbocycles. The first-order valence-electron chi connectivity index (χ1n) is 12.9. The Morgan fingerprint density at radius 2 is 1.64 bits per heavy atom. The van der Waals surface area contributed by atoms with Crippen molar-refractivity contribution in [3.8, 4) is 0 Å². The maximum absolute atomic E-state index is 16.0. The third-order valence-electron chi connectivity index (χ3n) is 7.23. The van der Waals surface area contributed by atoms with E-state index in [1.165, 1.54) is 16.8 Å². The number of rotatable bonds is 2. The second-order valence-corrected chi connectivity index (χ2v) is 15.8. The van der Waals surface area contributed by atoms with Crippen LogP contribution in [0, 0.1) is 0 Å². The maximum Gasteiger partial charge on any atom is 0.386 e. The number of hydrogen-bond donors (Lipinski definition) is 5. The smallest absolute Gasteiger partial charge is 0.369 e. The summed E-state index contributed by atoms with van der Waals surface area (Å²) < 4.78 is 93.6. The van der Waals surface area contributed by atoms with Crippen molar-refractivity contribution in [1.82, 2.24) is 39.5 Å². The van der Waals surface area contributed by atoms with Gasteiger partial charge in [0.05, 0.1) is 24.9 Å². The lowest BCUT2D eigenvalue weighted by atomic mass is 10.1. The van der Waals surface area contributed by atoms with Gasteiger partial charge in [-0.3, -0.25) is 32.7 Å². The molecule has 4 N–H and O–H groups in total. The number of nitrogen functional groups attached to an aromatic ring is 1. The minimum atomic E-state index is -4.53. The Balaban J connectivity index is 1.21. The standard InChI is InChI=1S/C20H21F2N9O10P2S2/c21-9-7-3-36-42(34,44)40-12-8(39-18(10(12)22)30-2-1-6-14(30)24-5-25-16(6)32)4-37-43(35,45)41-13(9)19(38-7)31-15-11(28-29-31)17(33)27-20(23)26-15/h1-2,5,7-10,12-13,18-19H,3-4H2,(H,34,44)(H,35,45)(H,24,25,32)(H3,23,26,27,33)/t7-,8-,9+,10+,12-,13-,18-,19-,42?,43?/m1/s1. The van der Waals surface area contributed by atoms with Crippen LogP contribution in [0.5, 0.6) is 0 Å². The lowest BCUT2D eigenvalue weighted by molar-refractivity contribution is -0.0605. The van der Waals surface area contributed by atoms with Gasteiger partial charge < -0.3 is 24.8 Å². The van der Waals surface area contributed by atoms with Gasteiger partial charge in [0.25, 0.3) is 11.1 Å². The average molecular weight is 712 g/mol. The Kier molecular flexibility index (Phi) is 7.70. The molecule has 3 saturated heterocycles. The Morgan fingerprint density at radius 3 is 2.40 bits per heavy atom. The number of thiol groups is 2. The maximum atomic E-state index is 16.0. The number of aromatic nitrogens is 8. The predicted molar refractivity (Wildman–Crippen MR) is 153 cm³/mol. The van der Waals surface area contributed by atoms with Gasteiger partial charge in [0.2, 0.25) is 5.95 Å². The Morgan fingerprint density at radius 1 is 0.956 bits per heavy atom. The van der Waals surface area contributed by atoms with Crippen molar-refractivity contribution < 1.29 is 45.5 Å². The highest BCUT2D eigenvalue weighted by molar-refractivity contribution is 8.44. The third-order valence-corrected chi connectivity index (χ3v) is 10.5. The molecule has 25 heteroatoms. The van der Waals surface area contributed by atoms with Gasteiger partial charge in [-0.05, 0) is 6.07 Å². The van der Waals surface area contributed by atoms with Crippen molar-refractivity contribution in [1.29, 1.82) is 0 Å².